The van der Waals surface area contributed by atoms with Gasteiger partial charge in [0.2, 0.25) is 15.9 Å². The zero-order chi connectivity index (χ0) is 23.7. The summed E-state index contributed by atoms with van der Waals surface area (Å²) in [5.74, 6) is 0.422. The van der Waals surface area contributed by atoms with Crippen molar-refractivity contribution in [3.05, 3.63) is 54.1 Å². The molecule has 9 nitrogen and oxygen atoms in total. The number of nitrogens with one attached hydrogen (secondary N) is 2. The van der Waals surface area contributed by atoms with Crippen LogP contribution >= 0.6 is 0 Å². The second-order valence-electron chi connectivity index (χ2n) is 7.59. The van der Waals surface area contributed by atoms with Crippen LogP contribution in [0.1, 0.15) is 24.8 Å². The lowest BCUT2D eigenvalue weighted by molar-refractivity contribution is -0.120. The fourth-order valence-electron chi connectivity index (χ4n) is 3.20. The highest BCUT2D eigenvalue weighted by molar-refractivity contribution is 7.90. The fourth-order valence-corrected chi connectivity index (χ4v) is 5.68. The predicted molar refractivity (Wildman–Crippen MR) is 123 cm³/mol. The molecule has 1 aliphatic rings. The van der Waals surface area contributed by atoms with E-state index >= 15 is 0 Å². The second-order valence-corrected chi connectivity index (χ2v) is 11.5. The van der Waals surface area contributed by atoms with Crippen molar-refractivity contribution in [2.45, 2.75) is 29.9 Å². The number of benzene rings is 2. The van der Waals surface area contributed by atoms with Gasteiger partial charge in [0.05, 0.1) is 29.6 Å². The molecule has 0 radical (unpaired) electrons. The zero-order valence-corrected chi connectivity index (χ0v) is 19.8. The number of sulfone groups is 1. The van der Waals surface area contributed by atoms with E-state index in [0.29, 0.717) is 31.1 Å². The van der Waals surface area contributed by atoms with Crippen molar-refractivity contribution in [1.29, 1.82) is 0 Å². The van der Waals surface area contributed by atoms with E-state index in [4.69, 9.17) is 9.47 Å². The van der Waals surface area contributed by atoms with E-state index in [1.54, 1.807) is 30.3 Å². The maximum atomic E-state index is 12.5. The van der Waals surface area contributed by atoms with E-state index in [1.807, 2.05) is 6.07 Å². The minimum Gasteiger partial charge on any atom is -0.490 e. The number of fused-ring (bicyclic) bond motifs is 1. The van der Waals surface area contributed by atoms with Crippen LogP contribution in [0, 0.1) is 0 Å². The molecule has 2 aromatic carbocycles. The molecule has 0 unspecified atom stereocenters. The number of sulfonamides is 1. The van der Waals surface area contributed by atoms with Gasteiger partial charge in [0.25, 0.3) is 0 Å². The van der Waals surface area contributed by atoms with Crippen LogP contribution in [0.15, 0.2) is 53.4 Å². The summed E-state index contributed by atoms with van der Waals surface area (Å²) in [6.45, 7) is 1.06. The number of carbonyl (C=O) groups is 1. The molecule has 3 rings (SSSR count). The van der Waals surface area contributed by atoms with Gasteiger partial charge in [0.15, 0.2) is 21.3 Å². The minimum absolute atomic E-state index is 0.0239. The molecule has 0 saturated heterocycles. The molecule has 1 aliphatic heterocycles. The lowest BCUT2D eigenvalue weighted by Gasteiger charge is -2.11. The topological polar surface area (TPSA) is 128 Å². The van der Waals surface area contributed by atoms with Crippen LogP contribution in [0.2, 0.25) is 0 Å². The number of amides is 1. The van der Waals surface area contributed by atoms with Crippen molar-refractivity contribution in [3.8, 4) is 11.5 Å². The number of ether oxygens (including phenoxy) is 2. The molecule has 180 valence electrons. The van der Waals surface area contributed by atoms with Gasteiger partial charge in [-0.3, -0.25) is 4.79 Å². The molecule has 0 spiro atoms. The Labute approximate surface area is 194 Å². The summed E-state index contributed by atoms with van der Waals surface area (Å²) in [5, 5.41) is 2.62. The Bertz CT molecular complexity index is 1150. The lowest BCUT2D eigenvalue weighted by atomic mass is 10.2. The second kappa shape index (κ2) is 11.5. The van der Waals surface area contributed by atoms with Crippen molar-refractivity contribution >= 4 is 25.8 Å². The van der Waals surface area contributed by atoms with Crippen LogP contribution in [0.3, 0.4) is 0 Å². The van der Waals surface area contributed by atoms with E-state index in [9.17, 15) is 21.6 Å². The van der Waals surface area contributed by atoms with Crippen LogP contribution < -0.4 is 19.5 Å². The highest BCUT2D eigenvalue weighted by Gasteiger charge is 2.19. The molecule has 1 amide bonds. The summed E-state index contributed by atoms with van der Waals surface area (Å²) >= 11 is 0. The molecule has 0 bridgehead atoms. The molecule has 2 aromatic rings. The van der Waals surface area contributed by atoms with Gasteiger partial charge in [-0.2, -0.15) is 0 Å². The van der Waals surface area contributed by atoms with Crippen molar-refractivity contribution in [3.63, 3.8) is 0 Å². The summed E-state index contributed by atoms with van der Waals surface area (Å²) in [6, 6.07) is 13.3. The van der Waals surface area contributed by atoms with Crippen LogP contribution in [0.5, 0.6) is 11.5 Å². The average Bonchev–Trinajstić information content (AvgIpc) is 3.02. The average molecular weight is 497 g/mol. The normalized spacial score (nSPS) is 13.8. The molecule has 0 aromatic heterocycles. The van der Waals surface area contributed by atoms with Crippen LogP contribution in [0.4, 0.5) is 0 Å². The van der Waals surface area contributed by atoms with E-state index < -0.39 is 19.9 Å². The monoisotopic (exact) mass is 496 g/mol. The number of rotatable bonds is 11. The van der Waals surface area contributed by atoms with Gasteiger partial charge >= 0.3 is 0 Å². The minimum atomic E-state index is -3.82. The molecule has 11 heteroatoms. The van der Waals surface area contributed by atoms with Gasteiger partial charge in [0.1, 0.15) is 0 Å². The molecule has 1 heterocycles. The van der Waals surface area contributed by atoms with Crippen LogP contribution in [-0.4, -0.2) is 54.8 Å². The van der Waals surface area contributed by atoms with Gasteiger partial charge in [-0.15, -0.1) is 0 Å². The Morgan fingerprint density at radius 3 is 2.39 bits per heavy atom. The third-order valence-corrected chi connectivity index (χ3v) is 8.00. The predicted octanol–water partition coefficient (Wildman–Crippen LogP) is 1.64. The fraction of sp³-hybridized carbons (Fsp3) is 0.409. The van der Waals surface area contributed by atoms with E-state index in [1.165, 1.54) is 12.1 Å². The first-order valence-electron chi connectivity index (χ1n) is 10.7. The van der Waals surface area contributed by atoms with Crippen LogP contribution in [0.25, 0.3) is 0 Å². The first kappa shape index (κ1) is 25.0. The number of hydrogen-bond acceptors (Lipinski definition) is 7. The highest BCUT2D eigenvalue weighted by Crippen LogP contribution is 2.31. The summed E-state index contributed by atoms with van der Waals surface area (Å²) in [7, 11) is -7.09. The Balaban J connectivity index is 1.38. The molecule has 0 saturated carbocycles. The molecule has 0 atom stereocenters. The Hall–Kier alpha value is -2.63. The van der Waals surface area contributed by atoms with Gasteiger partial charge in [-0.1, -0.05) is 30.3 Å². The van der Waals surface area contributed by atoms with Gasteiger partial charge in [0, 0.05) is 32.0 Å². The SMILES string of the molecule is O=C(CCNS(=O)(=O)c1ccc2c(c1)OCCCO2)NCCCS(=O)(=O)Cc1ccccc1. The number of carbonyl (C=O) groups excluding carboxylic acids is 1. The van der Waals surface area contributed by atoms with Gasteiger partial charge in [-0.25, -0.2) is 21.6 Å². The molecular weight excluding hydrogens is 468 g/mol. The van der Waals surface area contributed by atoms with E-state index in [0.717, 1.165) is 5.56 Å². The van der Waals surface area contributed by atoms with Crippen molar-refractivity contribution in [2.24, 2.45) is 0 Å². The van der Waals surface area contributed by atoms with Gasteiger partial charge in [-0.05, 0) is 24.1 Å². The highest BCUT2D eigenvalue weighted by atomic mass is 32.2. The Morgan fingerprint density at radius 1 is 0.909 bits per heavy atom. The van der Waals surface area contributed by atoms with E-state index in [-0.39, 0.29) is 48.2 Å². The van der Waals surface area contributed by atoms with Crippen molar-refractivity contribution < 1.29 is 31.1 Å². The maximum absolute atomic E-state index is 12.5. The van der Waals surface area contributed by atoms with Crippen molar-refractivity contribution in [1.82, 2.24) is 10.0 Å². The Morgan fingerprint density at radius 2 is 1.64 bits per heavy atom. The summed E-state index contributed by atoms with van der Waals surface area (Å²) < 4.78 is 62.7. The summed E-state index contributed by atoms with van der Waals surface area (Å²) in [6.07, 6.45) is 0.924. The summed E-state index contributed by atoms with van der Waals surface area (Å²) in [5.41, 5.74) is 0.724. The smallest absolute Gasteiger partial charge is 0.240 e. The molecule has 0 aliphatic carbocycles. The Kier molecular flexibility index (Phi) is 8.70. The summed E-state index contributed by atoms with van der Waals surface area (Å²) in [4.78, 5) is 12.0. The quantitative estimate of drug-likeness (QED) is 0.453. The third kappa shape index (κ3) is 8.02. The first-order valence-corrected chi connectivity index (χ1v) is 14.0. The molecular formula is C22H28N2O7S2. The van der Waals surface area contributed by atoms with Crippen molar-refractivity contribution in [2.75, 3.05) is 32.1 Å². The number of hydrogen-bond donors (Lipinski definition) is 2. The standard InChI is InChI=1S/C22H28N2O7S2/c25-22(23-11-4-15-32(26,27)17-18-6-2-1-3-7-18)10-12-24-33(28,29)19-8-9-20-21(16-19)31-14-5-13-30-20/h1-3,6-9,16,24H,4-5,10-15,17H2,(H,23,25). The molecule has 2 N–H and O–H groups in total. The van der Waals surface area contributed by atoms with Crippen LogP contribution in [-0.2, 0) is 30.4 Å². The maximum Gasteiger partial charge on any atom is 0.240 e. The van der Waals surface area contributed by atoms with Gasteiger partial charge < -0.3 is 14.8 Å². The largest absolute Gasteiger partial charge is 0.490 e. The first-order chi connectivity index (χ1) is 15.8. The third-order valence-electron chi connectivity index (χ3n) is 4.86. The zero-order valence-electron chi connectivity index (χ0n) is 18.2. The van der Waals surface area contributed by atoms with E-state index in [2.05, 4.69) is 10.0 Å². The molecule has 33 heavy (non-hydrogen) atoms. The molecule has 0 fully saturated rings. The lowest BCUT2D eigenvalue weighted by Crippen LogP contribution is -2.31.